The molecule has 0 heterocycles. The summed E-state index contributed by atoms with van der Waals surface area (Å²) in [6.07, 6.45) is -12.7. The molecule has 24 heavy (non-hydrogen) atoms. The van der Waals surface area contributed by atoms with Crippen LogP contribution in [0, 0.1) is 0 Å². The predicted octanol–water partition coefficient (Wildman–Crippen LogP) is 2.74. The van der Waals surface area contributed by atoms with Crippen LogP contribution in [0.1, 0.15) is 33.6 Å². The van der Waals surface area contributed by atoms with Crippen molar-refractivity contribution in [3.05, 3.63) is 0 Å². The van der Waals surface area contributed by atoms with Crippen LogP contribution in [0.3, 0.4) is 0 Å². The van der Waals surface area contributed by atoms with Crippen molar-refractivity contribution in [2.45, 2.75) is 57.6 Å². The molecule has 0 bridgehead atoms. The molecular weight excluding hydrogens is 371 g/mol. The first-order valence-corrected chi connectivity index (χ1v) is 8.25. The highest BCUT2D eigenvalue weighted by molar-refractivity contribution is 7.45. The van der Waals surface area contributed by atoms with Crippen molar-refractivity contribution in [1.82, 2.24) is 5.32 Å². The lowest BCUT2D eigenvalue weighted by Gasteiger charge is -2.36. The molecule has 0 atom stereocenters. The first-order valence-electron chi connectivity index (χ1n) is 6.68. The number of alkyl halides is 6. The minimum absolute atomic E-state index is 0.216. The van der Waals surface area contributed by atoms with Crippen molar-refractivity contribution in [2.24, 2.45) is 0 Å². The third kappa shape index (κ3) is 19.7. The average molecular weight is 393 g/mol. The van der Waals surface area contributed by atoms with Crippen molar-refractivity contribution in [3.8, 4) is 0 Å². The van der Waals surface area contributed by atoms with Crippen LogP contribution in [0.15, 0.2) is 0 Å². The number of ether oxygens (including phenoxy) is 1. The molecule has 0 saturated carbocycles. The summed E-state index contributed by atoms with van der Waals surface area (Å²) < 4.78 is 88.7. The lowest BCUT2D eigenvalue weighted by Crippen LogP contribution is -2.50. The SMILES string of the molecule is CCOC(CNC(C)C)(CC(F)(F)F)CC(F)(F)F.O=P(O)(O)O. The smallest absolute Gasteiger partial charge is 0.373 e. The Kier molecular flexibility index (Phi) is 10.7. The molecule has 4 N–H and O–H groups in total. The molecule has 0 fully saturated rings. The van der Waals surface area contributed by atoms with E-state index in [-0.39, 0.29) is 12.6 Å². The van der Waals surface area contributed by atoms with E-state index in [1.54, 1.807) is 13.8 Å². The van der Waals surface area contributed by atoms with Gasteiger partial charge in [0.1, 0.15) is 0 Å². The summed E-state index contributed by atoms with van der Waals surface area (Å²) in [7, 11) is -4.64. The van der Waals surface area contributed by atoms with Crippen LogP contribution >= 0.6 is 7.82 Å². The van der Waals surface area contributed by atoms with E-state index in [2.05, 4.69) is 5.32 Å². The van der Waals surface area contributed by atoms with Crippen molar-refractivity contribution in [2.75, 3.05) is 13.2 Å². The standard InChI is InChI=1S/C11H19F6NO.H3O4P/c1-4-19-9(5-10(12,13)14,6-11(15,16)17)7-18-8(2)3;1-5(2,3)4/h8,18H,4-7H2,1-3H3;(H3,1,2,3,4). The lowest BCUT2D eigenvalue weighted by molar-refractivity contribution is -0.228. The number of halogens is 6. The molecule has 0 aromatic rings. The Labute approximate surface area is 135 Å². The average Bonchev–Trinajstić information content (AvgIpc) is 2.19. The van der Waals surface area contributed by atoms with Gasteiger partial charge < -0.3 is 24.7 Å². The Morgan fingerprint density at radius 2 is 1.33 bits per heavy atom. The Hall–Kier alpha value is -0.390. The van der Waals surface area contributed by atoms with Gasteiger partial charge in [-0.15, -0.1) is 0 Å². The monoisotopic (exact) mass is 393 g/mol. The third-order valence-electron chi connectivity index (χ3n) is 2.33. The van der Waals surface area contributed by atoms with Gasteiger partial charge in [-0.1, -0.05) is 13.8 Å². The zero-order chi connectivity index (χ0) is 19.8. The molecule has 0 rings (SSSR count). The van der Waals surface area contributed by atoms with Gasteiger partial charge in [0.05, 0.1) is 18.4 Å². The number of nitrogens with one attached hydrogen (secondary N) is 1. The van der Waals surface area contributed by atoms with Crippen LogP contribution in [0.5, 0.6) is 0 Å². The Bertz CT molecular complexity index is 371. The number of rotatable bonds is 7. The maximum absolute atomic E-state index is 12.5. The molecule has 0 aromatic heterocycles. The minimum atomic E-state index is -4.72. The molecule has 0 spiro atoms. The molecule has 0 aliphatic rings. The van der Waals surface area contributed by atoms with E-state index in [0.29, 0.717) is 0 Å². The minimum Gasteiger partial charge on any atom is -0.373 e. The van der Waals surface area contributed by atoms with Crippen molar-refractivity contribution < 1.29 is 50.3 Å². The molecule has 0 aliphatic carbocycles. The molecule has 0 saturated heterocycles. The number of hydrogen-bond donors (Lipinski definition) is 4. The fourth-order valence-electron chi connectivity index (χ4n) is 1.77. The van der Waals surface area contributed by atoms with Gasteiger partial charge in [-0.25, -0.2) is 4.57 Å². The topological polar surface area (TPSA) is 99.0 Å². The van der Waals surface area contributed by atoms with E-state index in [0.717, 1.165) is 0 Å². The van der Waals surface area contributed by atoms with Crippen LogP contribution in [-0.2, 0) is 9.30 Å². The van der Waals surface area contributed by atoms with Gasteiger partial charge in [0.25, 0.3) is 0 Å². The molecule has 0 radical (unpaired) electrons. The van der Waals surface area contributed by atoms with Gasteiger partial charge in [-0.2, -0.15) is 26.3 Å². The summed E-state index contributed by atoms with van der Waals surface area (Å²) in [5, 5.41) is 2.59. The molecular formula is C11H22F6NO5P. The van der Waals surface area contributed by atoms with Gasteiger partial charge in [0, 0.05) is 19.2 Å². The summed E-state index contributed by atoms with van der Waals surface area (Å²) in [5.41, 5.74) is -2.31. The summed E-state index contributed by atoms with van der Waals surface area (Å²) in [6.45, 7) is 3.93. The van der Waals surface area contributed by atoms with Crippen molar-refractivity contribution >= 4 is 7.82 Å². The Morgan fingerprint density at radius 1 is 1.00 bits per heavy atom. The summed E-state index contributed by atoms with van der Waals surface area (Å²) >= 11 is 0. The maximum atomic E-state index is 12.5. The van der Waals surface area contributed by atoms with Gasteiger partial charge in [0.15, 0.2) is 0 Å². The zero-order valence-electron chi connectivity index (χ0n) is 13.3. The summed E-state index contributed by atoms with van der Waals surface area (Å²) in [6, 6.07) is -0.235. The Balaban J connectivity index is 0. The van der Waals surface area contributed by atoms with E-state index in [9.17, 15) is 26.3 Å². The first-order chi connectivity index (χ1) is 10.4. The first kappa shape index (κ1) is 25.8. The van der Waals surface area contributed by atoms with E-state index in [1.165, 1.54) is 6.92 Å². The molecule has 0 aliphatic heterocycles. The largest absolute Gasteiger partial charge is 0.466 e. The van der Waals surface area contributed by atoms with Crippen LogP contribution in [-0.4, -0.2) is 51.8 Å². The normalized spacial score (nSPS) is 13.7. The second-order valence-corrected chi connectivity index (χ2v) is 6.28. The lowest BCUT2D eigenvalue weighted by atomic mass is 9.93. The van der Waals surface area contributed by atoms with Gasteiger partial charge in [-0.05, 0) is 6.92 Å². The van der Waals surface area contributed by atoms with Crippen LogP contribution < -0.4 is 5.32 Å². The fraction of sp³-hybridized carbons (Fsp3) is 1.00. The molecule has 0 aromatic carbocycles. The highest BCUT2D eigenvalue weighted by Crippen LogP contribution is 2.38. The van der Waals surface area contributed by atoms with E-state index in [1.807, 2.05) is 0 Å². The predicted molar refractivity (Wildman–Crippen MR) is 73.1 cm³/mol. The van der Waals surface area contributed by atoms with Gasteiger partial charge >= 0.3 is 20.2 Å². The number of hydrogen-bond acceptors (Lipinski definition) is 3. The molecule has 0 unspecified atom stereocenters. The van der Waals surface area contributed by atoms with Gasteiger partial charge in [-0.3, -0.25) is 0 Å². The maximum Gasteiger partial charge on any atom is 0.466 e. The summed E-state index contributed by atoms with van der Waals surface area (Å²) in [4.78, 5) is 21.6. The quantitative estimate of drug-likeness (QED) is 0.392. The summed E-state index contributed by atoms with van der Waals surface area (Å²) in [5.74, 6) is 0. The Morgan fingerprint density at radius 3 is 1.54 bits per heavy atom. The van der Waals surface area contributed by atoms with Crippen molar-refractivity contribution in [3.63, 3.8) is 0 Å². The van der Waals surface area contributed by atoms with Crippen LogP contribution in [0.2, 0.25) is 0 Å². The zero-order valence-corrected chi connectivity index (χ0v) is 14.2. The van der Waals surface area contributed by atoms with E-state index < -0.39 is 45.2 Å². The third-order valence-corrected chi connectivity index (χ3v) is 2.33. The molecule has 6 nitrogen and oxygen atoms in total. The highest BCUT2D eigenvalue weighted by atomic mass is 31.2. The number of phosphoric acid groups is 1. The second kappa shape index (κ2) is 9.93. The second-order valence-electron chi connectivity index (χ2n) is 5.25. The van der Waals surface area contributed by atoms with Crippen molar-refractivity contribution in [1.29, 1.82) is 0 Å². The van der Waals surface area contributed by atoms with E-state index in [4.69, 9.17) is 24.0 Å². The fourth-order valence-corrected chi connectivity index (χ4v) is 1.77. The van der Waals surface area contributed by atoms with Crippen LogP contribution in [0.25, 0.3) is 0 Å². The van der Waals surface area contributed by atoms with Gasteiger partial charge in [0.2, 0.25) is 0 Å². The molecule has 148 valence electrons. The molecule has 0 amide bonds. The highest BCUT2D eigenvalue weighted by Gasteiger charge is 2.49. The molecule has 13 heteroatoms. The van der Waals surface area contributed by atoms with E-state index >= 15 is 0 Å². The van der Waals surface area contributed by atoms with Crippen LogP contribution in [0.4, 0.5) is 26.3 Å².